The van der Waals surface area contributed by atoms with Crippen LogP contribution >= 0.6 is 0 Å². The molecule has 0 radical (unpaired) electrons. The lowest BCUT2D eigenvalue weighted by Gasteiger charge is -2.32. The summed E-state index contributed by atoms with van der Waals surface area (Å²) in [6.45, 7) is 5.36. The molecular formula is C20H22N6O3. The highest BCUT2D eigenvalue weighted by molar-refractivity contribution is 5.49. The van der Waals surface area contributed by atoms with Crippen LogP contribution in [0.1, 0.15) is 30.0 Å². The van der Waals surface area contributed by atoms with Gasteiger partial charge in [-0.05, 0) is 50.8 Å². The van der Waals surface area contributed by atoms with Crippen molar-refractivity contribution in [1.29, 1.82) is 0 Å². The van der Waals surface area contributed by atoms with Crippen molar-refractivity contribution in [3.8, 4) is 11.5 Å². The van der Waals surface area contributed by atoms with Gasteiger partial charge >= 0.3 is 0 Å². The van der Waals surface area contributed by atoms with Gasteiger partial charge in [0.15, 0.2) is 0 Å². The third-order valence-corrected chi connectivity index (χ3v) is 5.25. The lowest BCUT2D eigenvalue weighted by atomic mass is 9.93. The number of hydrogen-bond acceptors (Lipinski definition) is 8. The molecule has 0 atom stereocenters. The van der Waals surface area contributed by atoms with Crippen molar-refractivity contribution in [3.05, 3.63) is 57.7 Å². The third kappa shape index (κ3) is 4.23. The quantitative estimate of drug-likeness (QED) is 0.477. The number of piperidine rings is 1. The Kier molecular flexibility index (Phi) is 5.20. The van der Waals surface area contributed by atoms with Crippen LogP contribution in [0.2, 0.25) is 0 Å². The van der Waals surface area contributed by atoms with E-state index in [9.17, 15) is 10.1 Å². The third-order valence-electron chi connectivity index (χ3n) is 5.25. The van der Waals surface area contributed by atoms with Gasteiger partial charge in [-0.2, -0.15) is 4.98 Å². The minimum Gasteiger partial charge on any atom is -0.357 e. The molecule has 1 aliphatic rings. The van der Waals surface area contributed by atoms with E-state index in [1.165, 1.54) is 6.20 Å². The van der Waals surface area contributed by atoms with Crippen molar-refractivity contribution in [2.45, 2.75) is 33.1 Å². The van der Waals surface area contributed by atoms with E-state index in [4.69, 9.17) is 4.52 Å². The predicted octanol–water partition coefficient (Wildman–Crippen LogP) is 3.51. The van der Waals surface area contributed by atoms with Gasteiger partial charge < -0.3 is 9.42 Å². The Balaban J connectivity index is 1.36. The molecule has 29 heavy (non-hydrogen) atoms. The zero-order chi connectivity index (χ0) is 20.4. The second kappa shape index (κ2) is 7.94. The molecule has 9 nitrogen and oxygen atoms in total. The molecule has 4 heterocycles. The van der Waals surface area contributed by atoms with Crippen molar-refractivity contribution in [3.63, 3.8) is 0 Å². The zero-order valence-electron chi connectivity index (χ0n) is 16.4. The number of nitrogens with zero attached hydrogens (tertiary/aromatic N) is 6. The molecule has 0 saturated carbocycles. The average Bonchev–Trinajstić information content (AvgIpc) is 3.17. The van der Waals surface area contributed by atoms with Crippen LogP contribution in [-0.2, 0) is 6.42 Å². The normalized spacial score (nSPS) is 14.9. The monoisotopic (exact) mass is 394 g/mol. The van der Waals surface area contributed by atoms with E-state index in [1.807, 2.05) is 25.1 Å². The van der Waals surface area contributed by atoms with Gasteiger partial charge in [0, 0.05) is 30.8 Å². The van der Waals surface area contributed by atoms with Crippen molar-refractivity contribution in [2.75, 3.05) is 18.0 Å². The van der Waals surface area contributed by atoms with E-state index >= 15 is 0 Å². The lowest BCUT2D eigenvalue weighted by Crippen LogP contribution is -2.35. The van der Waals surface area contributed by atoms with Crippen molar-refractivity contribution in [1.82, 2.24) is 20.1 Å². The van der Waals surface area contributed by atoms with Crippen LogP contribution in [-0.4, -0.2) is 38.1 Å². The summed E-state index contributed by atoms with van der Waals surface area (Å²) in [6.07, 6.45) is 4.02. The van der Waals surface area contributed by atoms with Crippen LogP contribution < -0.4 is 4.90 Å². The van der Waals surface area contributed by atoms with Gasteiger partial charge in [-0.25, -0.2) is 9.97 Å². The van der Waals surface area contributed by atoms with Crippen molar-refractivity contribution >= 4 is 11.5 Å². The van der Waals surface area contributed by atoms with Gasteiger partial charge in [0.25, 0.3) is 5.69 Å². The molecule has 0 aliphatic carbocycles. The number of anilines is 1. The highest BCUT2D eigenvalue weighted by Gasteiger charge is 2.24. The van der Waals surface area contributed by atoms with Crippen molar-refractivity contribution < 1.29 is 9.45 Å². The van der Waals surface area contributed by atoms with E-state index in [0.717, 1.165) is 49.6 Å². The number of hydrogen-bond donors (Lipinski definition) is 0. The number of rotatable bonds is 5. The maximum atomic E-state index is 11.0. The summed E-state index contributed by atoms with van der Waals surface area (Å²) < 4.78 is 5.43. The summed E-state index contributed by atoms with van der Waals surface area (Å²) in [6, 6.07) is 7.52. The first-order chi connectivity index (χ1) is 14.0. The highest BCUT2D eigenvalue weighted by Crippen LogP contribution is 2.27. The molecule has 0 aromatic carbocycles. The molecular weight excluding hydrogens is 372 g/mol. The molecule has 1 fully saturated rings. The Bertz CT molecular complexity index is 1030. The Morgan fingerprint density at radius 3 is 2.72 bits per heavy atom. The topological polar surface area (TPSA) is 111 Å². The minimum absolute atomic E-state index is 0.0546. The molecule has 0 bridgehead atoms. The molecule has 4 rings (SSSR count). The maximum Gasteiger partial charge on any atom is 0.290 e. The smallest absolute Gasteiger partial charge is 0.290 e. The molecule has 0 spiro atoms. The number of pyridine rings is 2. The number of aromatic nitrogens is 4. The molecule has 0 unspecified atom stereocenters. The van der Waals surface area contributed by atoms with Crippen LogP contribution in [0.15, 0.2) is 35.0 Å². The molecule has 9 heteroatoms. The lowest BCUT2D eigenvalue weighted by molar-refractivity contribution is -0.385. The maximum absolute atomic E-state index is 11.0. The Labute approximate surface area is 167 Å². The molecule has 1 aliphatic heterocycles. The van der Waals surface area contributed by atoms with Crippen LogP contribution in [0.4, 0.5) is 11.5 Å². The largest absolute Gasteiger partial charge is 0.357 e. The van der Waals surface area contributed by atoms with E-state index in [-0.39, 0.29) is 5.69 Å². The van der Waals surface area contributed by atoms with Gasteiger partial charge in [0.2, 0.25) is 11.7 Å². The Morgan fingerprint density at radius 1 is 1.24 bits per heavy atom. The summed E-state index contributed by atoms with van der Waals surface area (Å²) in [5.74, 6) is 2.39. The summed E-state index contributed by atoms with van der Waals surface area (Å²) in [7, 11) is 0. The minimum atomic E-state index is -0.400. The summed E-state index contributed by atoms with van der Waals surface area (Å²) in [4.78, 5) is 25.9. The standard InChI is InChI=1S/C20H22N6O3/c1-13-10-18(21-12-17(13)26(27)28)25-8-6-15(7-9-25)11-19-23-20(24-29-19)16-5-3-4-14(2)22-16/h3-5,10,12,15H,6-9,11H2,1-2H3. The van der Waals surface area contributed by atoms with Crippen molar-refractivity contribution in [2.24, 2.45) is 5.92 Å². The fourth-order valence-corrected chi connectivity index (χ4v) is 3.62. The highest BCUT2D eigenvalue weighted by atomic mass is 16.6. The molecule has 1 saturated heterocycles. The molecule has 0 N–H and O–H groups in total. The van der Waals surface area contributed by atoms with Gasteiger partial charge in [-0.1, -0.05) is 11.2 Å². The van der Waals surface area contributed by atoms with Gasteiger partial charge in [0.05, 0.1) is 4.92 Å². The second-order valence-electron chi connectivity index (χ2n) is 7.40. The second-order valence-corrected chi connectivity index (χ2v) is 7.40. The Hall–Kier alpha value is -3.36. The van der Waals surface area contributed by atoms with Crippen LogP contribution in [0.3, 0.4) is 0 Å². The predicted molar refractivity (Wildman–Crippen MR) is 107 cm³/mol. The molecule has 3 aromatic heterocycles. The van der Waals surface area contributed by atoms with E-state index in [0.29, 0.717) is 23.2 Å². The summed E-state index contributed by atoms with van der Waals surface area (Å²) in [5.41, 5.74) is 2.31. The molecule has 3 aromatic rings. The fraction of sp³-hybridized carbons (Fsp3) is 0.400. The van der Waals surface area contributed by atoms with E-state index in [1.54, 1.807) is 13.0 Å². The van der Waals surface area contributed by atoms with Gasteiger partial charge in [-0.3, -0.25) is 10.1 Å². The van der Waals surface area contributed by atoms with Gasteiger partial charge in [-0.15, -0.1) is 0 Å². The van der Waals surface area contributed by atoms with Gasteiger partial charge in [0.1, 0.15) is 17.7 Å². The fourth-order valence-electron chi connectivity index (χ4n) is 3.62. The van der Waals surface area contributed by atoms with Crippen LogP contribution in [0.5, 0.6) is 0 Å². The first kappa shape index (κ1) is 19.0. The van der Waals surface area contributed by atoms with E-state index < -0.39 is 4.92 Å². The van der Waals surface area contributed by atoms with E-state index in [2.05, 4.69) is 25.0 Å². The Morgan fingerprint density at radius 2 is 2.03 bits per heavy atom. The zero-order valence-corrected chi connectivity index (χ0v) is 16.4. The van der Waals surface area contributed by atoms with Crippen LogP contribution in [0, 0.1) is 29.9 Å². The number of aryl methyl sites for hydroxylation is 2. The first-order valence-electron chi connectivity index (χ1n) is 9.62. The summed E-state index contributed by atoms with van der Waals surface area (Å²) >= 11 is 0. The number of nitro groups is 1. The molecule has 150 valence electrons. The SMILES string of the molecule is Cc1cccc(-c2noc(CC3CCN(c4cc(C)c([N+](=O)[O-])cn4)CC3)n2)n1. The summed E-state index contributed by atoms with van der Waals surface area (Å²) in [5, 5.41) is 15.0. The first-order valence-corrected chi connectivity index (χ1v) is 9.62. The van der Waals surface area contributed by atoms with Crippen LogP contribution in [0.25, 0.3) is 11.5 Å². The molecule has 0 amide bonds. The average molecular weight is 394 g/mol.